The Morgan fingerprint density at radius 2 is 2.33 bits per heavy atom. The molecule has 1 aliphatic rings. The maximum atomic E-state index is 4.55. The van der Waals surface area contributed by atoms with Crippen LogP contribution in [0.15, 0.2) is 18.2 Å². The summed E-state index contributed by atoms with van der Waals surface area (Å²) in [5.74, 6) is 0.851. The van der Waals surface area contributed by atoms with Gasteiger partial charge in [0.15, 0.2) is 0 Å². The summed E-state index contributed by atoms with van der Waals surface area (Å²) >= 11 is 0. The highest BCUT2D eigenvalue weighted by Gasteiger charge is 2.16. The zero-order valence-corrected chi connectivity index (χ0v) is 9.74. The third-order valence-corrected chi connectivity index (χ3v) is 3.07. The van der Waals surface area contributed by atoms with E-state index in [1.54, 1.807) is 0 Å². The number of likely N-dealkylation sites (tertiary alicyclic amines) is 1. The minimum absolute atomic E-state index is 0.851. The van der Waals surface area contributed by atoms with Gasteiger partial charge in [-0.25, -0.2) is 0 Å². The van der Waals surface area contributed by atoms with Gasteiger partial charge in [0, 0.05) is 18.8 Å². The Bertz CT molecular complexity index is 322. The number of aromatic nitrogens is 1. The van der Waals surface area contributed by atoms with Crippen LogP contribution in [0.25, 0.3) is 0 Å². The number of hydrogen-bond donors (Lipinski definition) is 0. The molecule has 1 fully saturated rings. The van der Waals surface area contributed by atoms with E-state index >= 15 is 0 Å². The fourth-order valence-corrected chi connectivity index (χ4v) is 2.35. The molecular weight excluding hydrogens is 184 g/mol. The van der Waals surface area contributed by atoms with Gasteiger partial charge in [-0.1, -0.05) is 13.0 Å². The molecule has 1 aromatic heterocycles. The van der Waals surface area contributed by atoms with Crippen LogP contribution < -0.4 is 0 Å². The Balaban J connectivity index is 1.96. The summed E-state index contributed by atoms with van der Waals surface area (Å²) in [5.41, 5.74) is 2.33. The van der Waals surface area contributed by atoms with Crippen LogP contribution in [0.5, 0.6) is 0 Å². The second-order valence-electron chi connectivity index (χ2n) is 4.75. The highest BCUT2D eigenvalue weighted by molar-refractivity contribution is 5.09. The van der Waals surface area contributed by atoms with E-state index in [2.05, 4.69) is 41.9 Å². The average Bonchev–Trinajstić information content (AvgIpc) is 2.17. The number of pyridine rings is 1. The van der Waals surface area contributed by atoms with Gasteiger partial charge in [-0.05, 0) is 44.4 Å². The largest absolute Gasteiger partial charge is 0.297 e. The van der Waals surface area contributed by atoms with Crippen molar-refractivity contribution in [1.82, 2.24) is 9.88 Å². The maximum Gasteiger partial charge on any atom is 0.0547 e. The first kappa shape index (κ1) is 10.6. The summed E-state index contributed by atoms with van der Waals surface area (Å²) in [6, 6.07) is 6.29. The van der Waals surface area contributed by atoms with Gasteiger partial charge in [-0.2, -0.15) is 0 Å². The molecule has 0 aliphatic carbocycles. The summed E-state index contributed by atoms with van der Waals surface area (Å²) in [4.78, 5) is 7.07. The second-order valence-corrected chi connectivity index (χ2v) is 4.75. The molecule has 0 saturated carbocycles. The van der Waals surface area contributed by atoms with E-state index in [1.807, 2.05) is 0 Å². The van der Waals surface area contributed by atoms with Crippen molar-refractivity contribution >= 4 is 0 Å². The normalized spacial score (nSPS) is 22.9. The Labute approximate surface area is 92.3 Å². The highest BCUT2D eigenvalue weighted by atomic mass is 15.1. The van der Waals surface area contributed by atoms with Crippen molar-refractivity contribution in [2.75, 3.05) is 13.1 Å². The standard InChI is InChI=1S/C13H20N2/c1-11-5-4-8-15(9-11)10-13-7-3-6-12(2)14-13/h3,6-7,11H,4-5,8-10H2,1-2H3. The van der Waals surface area contributed by atoms with Gasteiger partial charge in [0.2, 0.25) is 0 Å². The molecule has 1 saturated heterocycles. The van der Waals surface area contributed by atoms with Gasteiger partial charge < -0.3 is 0 Å². The van der Waals surface area contributed by atoms with Crippen LogP contribution in [0.3, 0.4) is 0 Å². The molecule has 15 heavy (non-hydrogen) atoms. The first-order valence-corrected chi connectivity index (χ1v) is 5.89. The van der Waals surface area contributed by atoms with Crippen LogP contribution in [0.1, 0.15) is 31.2 Å². The lowest BCUT2D eigenvalue weighted by atomic mass is 10.0. The topological polar surface area (TPSA) is 16.1 Å². The molecular formula is C13H20N2. The molecule has 1 atom stereocenters. The average molecular weight is 204 g/mol. The van der Waals surface area contributed by atoms with Crippen molar-refractivity contribution in [2.24, 2.45) is 5.92 Å². The van der Waals surface area contributed by atoms with Gasteiger partial charge in [-0.15, -0.1) is 0 Å². The van der Waals surface area contributed by atoms with Gasteiger partial charge in [0.05, 0.1) is 5.69 Å². The zero-order valence-electron chi connectivity index (χ0n) is 9.74. The number of hydrogen-bond acceptors (Lipinski definition) is 2. The van der Waals surface area contributed by atoms with Crippen molar-refractivity contribution in [3.05, 3.63) is 29.6 Å². The molecule has 0 spiro atoms. The SMILES string of the molecule is Cc1cccc(CN2CCCC(C)C2)n1. The van der Waals surface area contributed by atoms with E-state index in [4.69, 9.17) is 0 Å². The van der Waals surface area contributed by atoms with E-state index in [9.17, 15) is 0 Å². The lowest BCUT2D eigenvalue weighted by Crippen LogP contribution is -2.33. The maximum absolute atomic E-state index is 4.55. The lowest BCUT2D eigenvalue weighted by molar-refractivity contribution is 0.175. The van der Waals surface area contributed by atoms with Crippen LogP contribution in [0.2, 0.25) is 0 Å². The smallest absolute Gasteiger partial charge is 0.0547 e. The third kappa shape index (κ3) is 3.03. The molecule has 2 heterocycles. The molecule has 82 valence electrons. The van der Waals surface area contributed by atoms with E-state index in [1.165, 1.54) is 31.6 Å². The van der Waals surface area contributed by atoms with E-state index in [0.29, 0.717) is 0 Å². The van der Waals surface area contributed by atoms with Crippen LogP contribution in [0.4, 0.5) is 0 Å². The second kappa shape index (κ2) is 4.75. The van der Waals surface area contributed by atoms with Gasteiger partial charge in [-0.3, -0.25) is 9.88 Å². The summed E-state index contributed by atoms with van der Waals surface area (Å²) in [6.45, 7) is 7.89. The fraction of sp³-hybridized carbons (Fsp3) is 0.615. The van der Waals surface area contributed by atoms with Gasteiger partial charge in [0.25, 0.3) is 0 Å². The predicted octanol–water partition coefficient (Wildman–Crippen LogP) is 2.62. The Morgan fingerprint density at radius 3 is 3.07 bits per heavy atom. The molecule has 1 unspecified atom stereocenters. The van der Waals surface area contributed by atoms with E-state index in [0.717, 1.165) is 18.2 Å². The van der Waals surface area contributed by atoms with Gasteiger partial charge in [0.1, 0.15) is 0 Å². The predicted molar refractivity (Wildman–Crippen MR) is 62.6 cm³/mol. The van der Waals surface area contributed by atoms with E-state index < -0.39 is 0 Å². The molecule has 1 aromatic rings. The van der Waals surface area contributed by atoms with Crippen LogP contribution >= 0.6 is 0 Å². The highest BCUT2D eigenvalue weighted by Crippen LogP contribution is 2.17. The number of piperidine rings is 1. The molecule has 2 nitrogen and oxygen atoms in total. The fourth-order valence-electron chi connectivity index (χ4n) is 2.35. The lowest BCUT2D eigenvalue weighted by Gasteiger charge is -2.30. The van der Waals surface area contributed by atoms with Gasteiger partial charge >= 0.3 is 0 Å². The number of nitrogens with zero attached hydrogens (tertiary/aromatic N) is 2. The first-order chi connectivity index (χ1) is 7.24. The Hall–Kier alpha value is -0.890. The first-order valence-electron chi connectivity index (χ1n) is 5.89. The third-order valence-electron chi connectivity index (χ3n) is 3.07. The number of rotatable bonds is 2. The molecule has 0 radical (unpaired) electrons. The minimum Gasteiger partial charge on any atom is -0.297 e. The summed E-state index contributed by atoms with van der Waals surface area (Å²) < 4.78 is 0. The molecule has 2 heteroatoms. The van der Waals surface area contributed by atoms with Crippen LogP contribution in [0, 0.1) is 12.8 Å². The van der Waals surface area contributed by atoms with Crippen molar-refractivity contribution in [2.45, 2.75) is 33.2 Å². The molecule has 0 bridgehead atoms. The summed E-state index contributed by atoms with van der Waals surface area (Å²) in [6.07, 6.45) is 2.73. The number of aryl methyl sites for hydroxylation is 1. The van der Waals surface area contributed by atoms with Crippen molar-refractivity contribution in [3.8, 4) is 0 Å². The quantitative estimate of drug-likeness (QED) is 0.736. The molecule has 0 N–H and O–H groups in total. The van der Waals surface area contributed by atoms with Crippen molar-refractivity contribution < 1.29 is 0 Å². The summed E-state index contributed by atoms with van der Waals surface area (Å²) in [5, 5.41) is 0. The molecule has 1 aliphatic heterocycles. The van der Waals surface area contributed by atoms with Crippen molar-refractivity contribution in [3.63, 3.8) is 0 Å². The molecule has 0 amide bonds. The minimum atomic E-state index is 0.851. The Morgan fingerprint density at radius 1 is 1.47 bits per heavy atom. The van der Waals surface area contributed by atoms with Crippen molar-refractivity contribution in [1.29, 1.82) is 0 Å². The molecule has 0 aromatic carbocycles. The van der Waals surface area contributed by atoms with Crippen LogP contribution in [-0.2, 0) is 6.54 Å². The summed E-state index contributed by atoms with van der Waals surface area (Å²) in [7, 11) is 0. The molecule has 2 rings (SSSR count). The zero-order chi connectivity index (χ0) is 10.7. The Kier molecular flexibility index (Phi) is 3.37. The van der Waals surface area contributed by atoms with Crippen LogP contribution in [-0.4, -0.2) is 23.0 Å². The van der Waals surface area contributed by atoms with E-state index in [-0.39, 0.29) is 0 Å². The monoisotopic (exact) mass is 204 g/mol.